The van der Waals surface area contributed by atoms with Gasteiger partial charge >= 0.3 is 0 Å². The quantitative estimate of drug-likeness (QED) is 0.785. The van der Waals surface area contributed by atoms with Gasteiger partial charge in [-0.15, -0.1) is 0 Å². The minimum atomic E-state index is -0.773. The van der Waals surface area contributed by atoms with E-state index in [0.29, 0.717) is 35.8 Å². The third-order valence-electron chi connectivity index (χ3n) is 4.54. The van der Waals surface area contributed by atoms with Gasteiger partial charge in [-0.1, -0.05) is 23.7 Å². The smallest absolute Gasteiger partial charge is 0.163 e. The molecule has 1 aliphatic carbocycles. The zero-order valence-corrected chi connectivity index (χ0v) is 13.7. The molecule has 7 heteroatoms. The number of nitrogen functional groups attached to an aromatic ring is 1. The van der Waals surface area contributed by atoms with E-state index in [-0.39, 0.29) is 6.04 Å². The molecule has 0 amide bonds. The third-order valence-corrected chi connectivity index (χ3v) is 4.77. The molecule has 124 valence electrons. The minimum Gasteiger partial charge on any atom is -0.383 e. The Morgan fingerprint density at radius 3 is 2.92 bits per heavy atom. The Morgan fingerprint density at radius 1 is 1.29 bits per heavy atom. The molecule has 0 bridgehead atoms. The Morgan fingerprint density at radius 2 is 2.17 bits per heavy atom. The summed E-state index contributed by atoms with van der Waals surface area (Å²) in [5.41, 5.74) is 8.59. The lowest BCUT2D eigenvalue weighted by Gasteiger charge is -2.10. The van der Waals surface area contributed by atoms with Gasteiger partial charge in [0.25, 0.3) is 0 Å². The highest BCUT2D eigenvalue weighted by molar-refractivity contribution is 6.30. The highest BCUT2D eigenvalue weighted by atomic mass is 35.5. The molecule has 1 aromatic carbocycles. The van der Waals surface area contributed by atoms with Crippen molar-refractivity contribution >= 4 is 28.5 Å². The van der Waals surface area contributed by atoms with E-state index in [4.69, 9.17) is 22.4 Å². The molecule has 5 nitrogen and oxygen atoms in total. The van der Waals surface area contributed by atoms with Crippen LogP contribution in [0.5, 0.6) is 0 Å². The van der Waals surface area contributed by atoms with Crippen molar-refractivity contribution in [2.75, 3.05) is 5.73 Å². The molecule has 3 aromatic rings. The van der Waals surface area contributed by atoms with Crippen LogP contribution in [0.25, 0.3) is 11.0 Å². The van der Waals surface area contributed by atoms with Gasteiger partial charge in [0.15, 0.2) is 5.65 Å². The van der Waals surface area contributed by atoms with E-state index in [1.54, 1.807) is 0 Å². The second-order valence-corrected chi connectivity index (χ2v) is 6.66. The van der Waals surface area contributed by atoms with E-state index in [9.17, 15) is 4.39 Å². The number of halogens is 2. The number of benzene rings is 1. The summed E-state index contributed by atoms with van der Waals surface area (Å²) >= 11 is 6.07. The molecule has 0 saturated heterocycles. The van der Waals surface area contributed by atoms with Crippen LogP contribution in [-0.4, -0.2) is 25.9 Å². The number of fused-ring (bicyclic) bond motifs is 1. The summed E-state index contributed by atoms with van der Waals surface area (Å²) in [6.07, 6.45) is 3.03. The largest absolute Gasteiger partial charge is 0.383 e. The molecular weight excluding hydrogens is 329 g/mol. The molecule has 2 heterocycles. The summed E-state index contributed by atoms with van der Waals surface area (Å²) in [5.74, 6) is 0.401. The standard InChI is InChI=1S/C17H17ClFN5/c18-11-3-1-2-10(6-11)7-14-15-16(20)21-9-22-17(15)24(23-14)13-5-4-12(19)8-13/h1-3,6,9,12-13H,4-5,7-8H2,(H2,20,21,22). The molecule has 1 fully saturated rings. The number of hydrogen-bond donors (Lipinski definition) is 1. The molecule has 2 N–H and O–H groups in total. The lowest BCUT2D eigenvalue weighted by molar-refractivity contribution is 0.327. The van der Waals surface area contributed by atoms with Crippen molar-refractivity contribution in [2.45, 2.75) is 37.9 Å². The van der Waals surface area contributed by atoms with Crippen molar-refractivity contribution in [1.82, 2.24) is 19.7 Å². The number of aromatic nitrogens is 4. The van der Waals surface area contributed by atoms with Crippen molar-refractivity contribution in [3.8, 4) is 0 Å². The number of nitrogens with zero attached hydrogens (tertiary/aromatic N) is 4. The average molecular weight is 346 g/mol. The number of hydrogen-bond acceptors (Lipinski definition) is 4. The molecule has 2 unspecified atom stereocenters. The summed E-state index contributed by atoms with van der Waals surface area (Å²) in [6.45, 7) is 0. The maximum absolute atomic E-state index is 13.6. The minimum absolute atomic E-state index is 0.0184. The van der Waals surface area contributed by atoms with E-state index in [1.807, 2.05) is 28.9 Å². The van der Waals surface area contributed by atoms with Gasteiger partial charge in [-0.2, -0.15) is 5.10 Å². The lowest BCUT2D eigenvalue weighted by Crippen LogP contribution is -2.09. The topological polar surface area (TPSA) is 69.6 Å². The molecule has 0 radical (unpaired) electrons. The van der Waals surface area contributed by atoms with Crippen LogP contribution in [0.3, 0.4) is 0 Å². The Hall–Kier alpha value is -2.21. The average Bonchev–Trinajstić information content (AvgIpc) is 3.12. The van der Waals surface area contributed by atoms with Crippen LogP contribution in [0.1, 0.15) is 36.6 Å². The van der Waals surface area contributed by atoms with Crippen LogP contribution >= 0.6 is 11.6 Å². The summed E-state index contributed by atoms with van der Waals surface area (Å²) < 4.78 is 15.4. The zero-order valence-electron chi connectivity index (χ0n) is 13.0. The monoisotopic (exact) mass is 345 g/mol. The van der Waals surface area contributed by atoms with Crippen LogP contribution in [-0.2, 0) is 6.42 Å². The fourth-order valence-corrected chi connectivity index (χ4v) is 3.63. The van der Waals surface area contributed by atoms with Gasteiger partial charge < -0.3 is 5.73 Å². The Balaban J connectivity index is 1.80. The molecular formula is C17H17ClFN5. The molecule has 2 atom stereocenters. The highest BCUT2D eigenvalue weighted by Gasteiger charge is 2.29. The Labute approximate surface area is 143 Å². The van der Waals surface area contributed by atoms with Crippen LogP contribution in [0.2, 0.25) is 5.02 Å². The fraction of sp³-hybridized carbons (Fsp3) is 0.353. The second kappa shape index (κ2) is 6.02. The van der Waals surface area contributed by atoms with Crippen molar-refractivity contribution in [2.24, 2.45) is 0 Å². The van der Waals surface area contributed by atoms with Gasteiger partial charge in [0, 0.05) is 17.9 Å². The number of anilines is 1. The molecule has 0 aliphatic heterocycles. The van der Waals surface area contributed by atoms with Crippen LogP contribution in [0.4, 0.5) is 10.2 Å². The molecule has 1 saturated carbocycles. The predicted molar refractivity (Wildman–Crippen MR) is 91.8 cm³/mol. The molecule has 0 spiro atoms. The summed E-state index contributed by atoms with van der Waals surface area (Å²) in [6, 6.07) is 7.65. The first-order valence-electron chi connectivity index (χ1n) is 7.98. The second-order valence-electron chi connectivity index (χ2n) is 6.22. The van der Waals surface area contributed by atoms with Gasteiger partial charge in [0.1, 0.15) is 18.3 Å². The first kappa shape index (κ1) is 15.3. The molecule has 4 rings (SSSR count). The normalized spacial score (nSPS) is 20.8. The van der Waals surface area contributed by atoms with E-state index >= 15 is 0 Å². The number of rotatable bonds is 3. The van der Waals surface area contributed by atoms with Crippen LogP contribution in [0, 0.1) is 0 Å². The van der Waals surface area contributed by atoms with Gasteiger partial charge in [0.2, 0.25) is 0 Å². The first-order chi connectivity index (χ1) is 11.6. The first-order valence-corrected chi connectivity index (χ1v) is 8.35. The van der Waals surface area contributed by atoms with Gasteiger partial charge in [-0.3, -0.25) is 0 Å². The van der Waals surface area contributed by atoms with Gasteiger partial charge in [-0.05, 0) is 30.5 Å². The van der Waals surface area contributed by atoms with E-state index in [0.717, 1.165) is 23.1 Å². The van der Waals surface area contributed by atoms with Crippen molar-refractivity contribution in [1.29, 1.82) is 0 Å². The van der Waals surface area contributed by atoms with Crippen molar-refractivity contribution in [3.63, 3.8) is 0 Å². The third kappa shape index (κ3) is 2.71. The van der Waals surface area contributed by atoms with Crippen molar-refractivity contribution < 1.29 is 4.39 Å². The SMILES string of the molecule is Nc1ncnc2c1c(Cc1cccc(Cl)c1)nn2C1CCC(F)C1. The van der Waals surface area contributed by atoms with Crippen LogP contribution in [0.15, 0.2) is 30.6 Å². The van der Waals surface area contributed by atoms with E-state index in [1.165, 1.54) is 6.33 Å². The Bertz CT molecular complexity index is 894. The van der Waals surface area contributed by atoms with E-state index < -0.39 is 6.17 Å². The fourth-order valence-electron chi connectivity index (χ4n) is 3.41. The predicted octanol–water partition coefficient (Wildman–Crippen LogP) is 3.72. The maximum atomic E-state index is 13.6. The number of alkyl halides is 1. The Kier molecular flexibility index (Phi) is 3.84. The summed E-state index contributed by atoms with van der Waals surface area (Å²) in [5, 5.41) is 6.14. The van der Waals surface area contributed by atoms with Crippen molar-refractivity contribution in [3.05, 3.63) is 46.9 Å². The summed E-state index contributed by atoms with van der Waals surface area (Å²) in [4.78, 5) is 8.45. The highest BCUT2D eigenvalue weighted by Crippen LogP contribution is 2.35. The van der Waals surface area contributed by atoms with Crippen LogP contribution < -0.4 is 5.73 Å². The van der Waals surface area contributed by atoms with Gasteiger partial charge in [0.05, 0.1) is 17.1 Å². The molecule has 24 heavy (non-hydrogen) atoms. The maximum Gasteiger partial charge on any atom is 0.163 e. The lowest BCUT2D eigenvalue weighted by atomic mass is 10.1. The van der Waals surface area contributed by atoms with Gasteiger partial charge in [-0.25, -0.2) is 19.0 Å². The molecule has 2 aromatic heterocycles. The van der Waals surface area contributed by atoms with E-state index in [2.05, 4.69) is 9.97 Å². The zero-order chi connectivity index (χ0) is 16.7. The summed E-state index contributed by atoms with van der Waals surface area (Å²) in [7, 11) is 0. The molecule has 1 aliphatic rings. The number of nitrogens with two attached hydrogens (primary N) is 1.